The monoisotopic (exact) mass is 259 g/mol. The summed E-state index contributed by atoms with van der Waals surface area (Å²) in [4.78, 5) is 16.4. The highest BCUT2D eigenvalue weighted by molar-refractivity contribution is 6.04. The van der Waals surface area contributed by atoms with Gasteiger partial charge in [0.1, 0.15) is 5.82 Å². The molecule has 1 amide bonds. The Morgan fingerprint density at radius 3 is 2.68 bits per heavy atom. The van der Waals surface area contributed by atoms with Crippen molar-refractivity contribution in [1.82, 2.24) is 15.2 Å². The van der Waals surface area contributed by atoms with E-state index < -0.39 is 0 Å². The Morgan fingerprint density at radius 1 is 1.37 bits per heavy atom. The van der Waals surface area contributed by atoms with Crippen LogP contribution in [0.4, 0.5) is 11.5 Å². The summed E-state index contributed by atoms with van der Waals surface area (Å²) in [5.74, 6) is 0.103. The first-order chi connectivity index (χ1) is 8.86. The van der Waals surface area contributed by atoms with Gasteiger partial charge in [-0.05, 0) is 12.1 Å². The zero-order valence-corrected chi connectivity index (χ0v) is 11.2. The molecule has 2 aromatic heterocycles. The zero-order valence-electron chi connectivity index (χ0n) is 11.2. The molecule has 0 aliphatic heterocycles. The summed E-state index contributed by atoms with van der Waals surface area (Å²) in [5, 5.41) is 9.13. The number of hydrogen-bond acceptors (Lipinski definition) is 4. The third-order valence-corrected chi connectivity index (χ3v) is 2.63. The molecule has 2 aromatic rings. The van der Waals surface area contributed by atoms with Crippen LogP contribution in [0.2, 0.25) is 0 Å². The Hall–Kier alpha value is -2.37. The van der Waals surface area contributed by atoms with Crippen LogP contribution in [0.1, 0.15) is 36.8 Å². The number of carbonyl (C=O) groups is 1. The van der Waals surface area contributed by atoms with Gasteiger partial charge in [0, 0.05) is 22.9 Å². The maximum Gasteiger partial charge on any atom is 0.255 e. The topological polar surface area (TPSA) is 96.7 Å². The second-order valence-electron chi connectivity index (χ2n) is 5.36. The van der Waals surface area contributed by atoms with Crippen molar-refractivity contribution in [2.24, 2.45) is 0 Å². The van der Waals surface area contributed by atoms with Crippen LogP contribution in [0.5, 0.6) is 0 Å². The number of hydrogen-bond donors (Lipinski definition) is 3. The van der Waals surface area contributed by atoms with Crippen molar-refractivity contribution >= 4 is 17.4 Å². The van der Waals surface area contributed by atoms with Gasteiger partial charge in [0.15, 0.2) is 0 Å². The van der Waals surface area contributed by atoms with Crippen LogP contribution >= 0.6 is 0 Å². The van der Waals surface area contributed by atoms with Gasteiger partial charge in [-0.25, -0.2) is 4.98 Å². The lowest BCUT2D eigenvalue weighted by Crippen LogP contribution is -2.18. The summed E-state index contributed by atoms with van der Waals surface area (Å²) >= 11 is 0. The molecule has 0 aromatic carbocycles. The van der Waals surface area contributed by atoms with Gasteiger partial charge in [0.25, 0.3) is 5.91 Å². The summed E-state index contributed by atoms with van der Waals surface area (Å²) in [5.41, 5.74) is 7.47. The van der Waals surface area contributed by atoms with Gasteiger partial charge in [0.05, 0.1) is 11.9 Å². The number of rotatable bonds is 2. The molecule has 0 aliphatic carbocycles. The highest BCUT2D eigenvalue weighted by atomic mass is 16.1. The third-order valence-electron chi connectivity index (χ3n) is 2.63. The Labute approximate surface area is 111 Å². The molecule has 0 atom stereocenters. The maximum absolute atomic E-state index is 12.1. The van der Waals surface area contributed by atoms with Crippen LogP contribution in [-0.4, -0.2) is 21.1 Å². The normalized spacial score (nSPS) is 11.3. The molecule has 2 rings (SSSR count). The summed E-state index contributed by atoms with van der Waals surface area (Å²) in [6.45, 7) is 6.06. The number of nitrogens with one attached hydrogen (secondary N) is 2. The molecular weight excluding hydrogens is 242 g/mol. The van der Waals surface area contributed by atoms with E-state index in [0.717, 1.165) is 5.69 Å². The second-order valence-corrected chi connectivity index (χ2v) is 5.36. The number of nitrogens with two attached hydrogens (primary N) is 1. The molecule has 6 nitrogen and oxygen atoms in total. The van der Waals surface area contributed by atoms with Crippen LogP contribution in [-0.2, 0) is 5.41 Å². The first-order valence-electron chi connectivity index (χ1n) is 5.94. The molecule has 4 N–H and O–H groups in total. The highest BCUT2D eigenvalue weighted by Crippen LogP contribution is 2.22. The number of anilines is 2. The van der Waals surface area contributed by atoms with Gasteiger partial charge >= 0.3 is 0 Å². The summed E-state index contributed by atoms with van der Waals surface area (Å²) in [6.07, 6.45) is 3.14. The van der Waals surface area contributed by atoms with Crippen molar-refractivity contribution in [2.75, 3.05) is 11.1 Å². The predicted octanol–water partition coefficient (Wildman–Crippen LogP) is 1.94. The quantitative estimate of drug-likeness (QED) is 0.767. The molecule has 0 saturated heterocycles. The summed E-state index contributed by atoms with van der Waals surface area (Å²) < 4.78 is 0. The number of carbonyl (C=O) groups excluding carboxylic acids is 1. The van der Waals surface area contributed by atoms with E-state index >= 15 is 0 Å². The van der Waals surface area contributed by atoms with E-state index in [2.05, 4.69) is 20.5 Å². The number of amides is 1. The van der Waals surface area contributed by atoms with Gasteiger partial charge < -0.3 is 11.1 Å². The average Bonchev–Trinajstić information content (AvgIpc) is 2.79. The number of nitrogens with zero attached hydrogens (tertiary/aromatic N) is 2. The average molecular weight is 259 g/mol. The fraction of sp³-hybridized carbons (Fsp3) is 0.308. The number of aromatic amines is 1. The maximum atomic E-state index is 12.1. The van der Waals surface area contributed by atoms with Gasteiger partial charge in [0.2, 0.25) is 0 Å². The Kier molecular flexibility index (Phi) is 3.25. The number of nitrogen functional groups attached to an aromatic ring is 1. The molecule has 0 unspecified atom stereocenters. The smallest absolute Gasteiger partial charge is 0.255 e. The largest absolute Gasteiger partial charge is 0.384 e. The Balaban J connectivity index is 2.29. The predicted molar refractivity (Wildman–Crippen MR) is 73.9 cm³/mol. The lowest BCUT2D eigenvalue weighted by Gasteiger charge is -2.18. The molecule has 0 fully saturated rings. The van der Waals surface area contributed by atoms with E-state index in [-0.39, 0.29) is 11.3 Å². The molecule has 0 bridgehead atoms. The van der Waals surface area contributed by atoms with Crippen molar-refractivity contribution in [3.63, 3.8) is 0 Å². The van der Waals surface area contributed by atoms with Crippen molar-refractivity contribution in [2.45, 2.75) is 26.2 Å². The van der Waals surface area contributed by atoms with Crippen LogP contribution in [0, 0.1) is 0 Å². The highest BCUT2D eigenvalue weighted by Gasteiger charge is 2.18. The first kappa shape index (κ1) is 13.1. The second kappa shape index (κ2) is 4.72. The van der Waals surface area contributed by atoms with Crippen molar-refractivity contribution < 1.29 is 4.79 Å². The van der Waals surface area contributed by atoms with Crippen molar-refractivity contribution in [3.05, 3.63) is 35.8 Å². The third kappa shape index (κ3) is 3.09. The fourth-order valence-corrected chi connectivity index (χ4v) is 1.59. The zero-order chi connectivity index (χ0) is 14.0. The standard InChI is InChI=1S/C13H17N5O/c1-13(2,3)10-4-8(5-11(14)18-10)12(19)17-9-6-15-16-7-9/h4-7H,1-3H3,(H2,14,18)(H,15,16)(H,17,19). The fourth-order valence-electron chi connectivity index (χ4n) is 1.59. The molecule has 0 saturated carbocycles. The van der Waals surface area contributed by atoms with E-state index in [4.69, 9.17) is 5.73 Å². The molecule has 2 heterocycles. The van der Waals surface area contributed by atoms with Gasteiger partial charge in [-0.1, -0.05) is 20.8 Å². The Morgan fingerprint density at radius 2 is 2.11 bits per heavy atom. The molecule has 6 heteroatoms. The molecule has 0 aliphatic rings. The van der Waals surface area contributed by atoms with E-state index in [0.29, 0.717) is 17.1 Å². The minimum Gasteiger partial charge on any atom is -0.384 e. The number of pyridine rings is 1. The SMILES string of the molecule is CC(C)(C)c1cc(C(=O)Nc2cn[nH]c2)cc(N)n1. The summed E-state index contributed by atoms with van der Waals surface area (Å²) in [6, 6.07) is 3.32. The van der Waals surface area contributed by atoms with E-state index in [9.17, 15) is 4.79 Å². The van der Waals surface area contributed by atoms with E-state index in [1.807, 2.05) is 20.8 Å². The van der Waals surface area contributed by atoms with E-state index in [1.165, 1.54) is 6.20 Å². The van der Waals surface area contributed by atoms with Crippen LogP contribution < -0.4 is 11.1 Å². The minimum absolute atomic E-state index is 0.167. The number of H-pyrrole nitrogens is 1. The van der Waals surface area contributed by atoms with Crippen LogP contribution in [0.15, 0.2) is 24.5 Å². The van der Waals surface area contributed by atoms with Crippen LogP contribution in [0.3, 0.4) is 0 Å². The molecular formula is C13H17N5O. The minimum atomic E-state index is -0.235. The van der Waals surface area contributed by atoms with Gasteiger partial charge in [-0.2, -0.15) is 5.10 Å². The summed E-state index contributed by atoms with van der Waals surface area (Å²) in [7, 11) is 0. The lowest BCUT2D eigenvalue weighted by molar-refractivity contribution is 0.102. The molecule has 0 radical (unpaired) electrons. The lowest BCUT2D eigenvalue weighted by atomic mass is 9.90. The van der Waals surface area contributed by atoms with Crippen molar-refractivity contribution in [3.8, 4) is 0 Å². The molecule has 19 heavy (non-hydrogen) atoms. The molecule has 100 valence electrons. The van der Waals surface area contributed by atoms with Crippen molar-refractivity contribution in [1.29, 1.82) is 0 Å². The van der Waals surface area contributed by atoms with Crippen LogP contribution in [0.25, 0.3) is 0 Å². The number of aromatic nitrogens is 3. The molecule has 0 spiro atoms. The van der Waals surface area contributed by atoms with Gasteiger partial charge in [-0.15, -0.1) is 0 Å². The first-order valence-corrected chi connectivity index (χ1v) is 5.94. The van der Waals surface area contributed by atoms with Gasteiger partial charge in [-0.3, -0.25) is 9.89 Å². The Bertz CT molecular complexity index is 584. The van der Waals surface area contributed by atoms with E-state index in [1.54, 1.807) is 18.3 Å².